The second-order valence-electron chi connectivity index (χ2n) is 7.43. The number of anilines is 1. The maximum Gasteiger partial charge on any atom is 0.243 e. The van der Waals surface area contributed by atoms with Gasteiger partial charge in [-0.25, -0.2) is 13.4 Å². The van der Waals surface area contributed by atoms with E-state index in [1.54, 1.807) is 12.1 Å². The molecule has 1 fully saturated rings. The summed E-state index contributed by atoms with van der Waals surface area (Å²) in [5.41, 5.74) is 0.342. The van der Waals surface area contributed by atoms with E-state index < -0.39 is 15.9 Å². The zero-order valence-electron chi connectivity index (χ0n) is 17.4. The van der Waals surface area contributed by atoms with E-state index in [2.05, 4.69) is 10.3 Å². The Kier molecular flexibility index (Phi) is 7.45. The molecular weight excluding hydrogens is 454 g/mol. The quantitative estimate of drug-likeness (QED) is 0.682. The molecule has 0 spiro atoms. The van der Waals surface area contributed by atoms with Gasteiger partial charge in [-0.3, -0.25) is 9.59 Å². The predicted octanol–water partition coefficient (Wildman–Crippen LogP) is 2.10. The van der Waals surface area contributed by atoms with E-state index in [0.717, 1.165) is 4.31 Å². The number of carbonyl (C=O) groups is 2. The van der Waals surface area contributed by atoms with E-state index in [0.29, 0.717) is 35.8 Å². The summed E-state index contributed by atoms with van der Waals surface area (Å²) in [4.78, 5) is 30.9. The van der Waals surface area contributed by atoms with Crippen LogP contribution in [0.5, 0.6) is 0 Å². The van der Waals surface area contributed by atoms with Gasteiger partial charge in [-0.05, 0) is 49.2 Å². The minimum atomic E-state index is -3.89. The lowest BCUT2D eigenvalue weighted by molar-refractivity contribution is -0.134. The fourth-order valence-corrected chi connectivity index (χ4v) is 4.58. The zero-order valence-corrected chi connectivity index (χ0v) is 18.9. The monoisotopic (exact) mass is 475 g/mol. The Morgan fingerprint density at radius 3 is 2.62 bits per heavy atom. The van der Waals surface area contributed by atoms with Crippen LogP contribution in [0.15, 0.2) is 47.5 Å². The number of nitrogens with zero attached hydrogens (tertiary/aromatic N) is 4. The topological polar surface area (TPSA) is 123 Å². The van der Waals surface area contributed by atoms with Gasteiger partial charge in [0.05, 0.1) is 34.0 Å². The van der Waals surface area contributed by atoms with Gasteiger partial charge in [0.1, 0.15) is 5.82 Å². The molecular formula is C21H22ClN5O4S. The Bertz CT molecular complexity index is 1130. The number of carbonyl (C=O) groups excluding carboxylic acids is 2. The average Bonchev–Trinajstić information content (AvgIpc) is 2.80. The van der Waals surface area contributed by atoms with Crippen molar-refractivity contribution in [1.29, 1.82) is 5.26 Å². The number of sulfonamides is 1. The summed E-state index contributed by atoms with van der Waals surface area (Å²) >= 11 is 5.80. The van der Waals surface area contributed by atoms with Crippen molar-refractivity contribution in [1.82, 2.24) is 14.2 Å². The van der Waals surface area contributed by atoms with E-state index in [4.69, 9.17) is 16.9 Å². The lowest BCUT2D eigenvalue weighted by Gasteiger charge is -2.33. The highest BCUT2D eigenvalue weighted by Gasteiger charge is 2.31. The Morgan fingerprint density at radius 2 is 2.00 bits per heavy atom. The number of amides is 2. The molecule has 1 N–H and O–H groups in total. The largest absolute Gasteiger partial charge is 0.341 e. The first kappa shape index (κ1) is 23.7. The molecule has 168 valence electrons. The molecule has 2 heterocycles. The van der Waals surface area contributed by atoms with Crippen LogP contribution in [0.1, 0.15) is 18.4 Å². The van der Waals surface area contributed by atoms with Crippen LogP contribution in [0.3, 0.4) is 0 Å². The maximum absolute atomic E-state index is 12.8. The first-order chi connectivity index (χ1) is 15.2. The molecule has 9 nitrogen and oxygen atoms in total. The smallest absolute Gasteiger partial charge is 0.243 e. The summed E-state index contributed by atoms with van der Waals surface area (Å²) in [6, 6.07) is 10.6. The van der Waals surface area contributed by atoms with Crippen molar-refractivity contribution in [2.75, 3.05) is 32.0 Å². The molecule has 1 aliphatic rings. The third-order valence-electron chi connectivity index (χ3n) is 5.17. The van der Waals surface area contributed by atoms with Gasteiger partial charge in [0, 0.05) is 26.3 Å². The zero-order chi connectivity index (χ0) is 23.3. The molecule has 0 bridgehead atoms. The van der Waals surface area contributed by atoms with Crippen molar-refractivity contribution in [3.8, 4) is 6.07 Å². The molecule has 3 rings (SSSR count). The lowest BCUT2D eigenvalue weighted by Crippen LogP contribution is -2.47. The number of likely N-dealkylation sites (tertiary alicyclic amines) is 1. The van der Waals surface area contributed by atoms with Crippen molar-refractivity contribution in [3.05, 3.63) is 53.2 Å². The summed E-state index contributed by atoms with van der Waals surface area (Å²) in [5.74, 6) is -0.690. The standard InChI is InChI=1S/C21H22ClN5O4S/c1-26(32(30,31)18-7-4-15(11-23)5-8-18)14-20(28)27-10-2-3-16(13-27)21(29)25-19-9-6-17(22)12-24-19/h4-9,12,16H,2-3,10,13-14H2,1H3,(H,24,25,29). The number of hydrogen-bond acceptors (Lipinski definition) is 6. The molecule has 1 atom stereocenters. The number of aromatic nitrogens is 1. The SMILES string of the molecule is CN(CC(=O)N1CCCC(C(=O)Nc2ccc(Cl)cn2)C1)S(=O)(=O)c1ccc(C#N)cc1. The molecule has 11 heteroatoms. The van der Waals surface area contributed by atoms with Crippen molar-refractivity contribution >= 4 is 39.3 Å². The number of halogens is 1. The van der Waals surface area contributed by atoms with Crippen LogP contribution in [0.4, 0.5) is 5.82 Å². The first-order valence-electron chi connectivity index (χ1n) is 9.87. The van der Waals surface area contributed by atoms with Gasteiger partial charge in [0.25, 0.3) is 0 Å². The Morgan fingerprint density at radius 1 is 1.28 bits per heavy atom. The van der Waals surface area contributed by atoms with E-state index >= 15 is 0 Å². The van der Waals surface area contributed by atoms with Gasteiger partial charge in [-0.1, -0.05) is 11.6 Å². The number of nitrogens with one attached hydrogen (secondary N) is 1. The Balaban J connectivity index is 1.60. The summed E-state index contributed by atoms with van der Waals surface area (Å²) in [6.45, 7) is 0.297. The Labute approximate surface area is 191 Å². The third kappa shape index (κ3) is 5.62. The second-order valence-corrected chi connectivity index (χ2v) is 9.91. The molecule has 1 aliphatic heterocycles. The highest BCUT2D eigenvalue weighted by Crippen LogP contribution is 2.20. The molecule has 1 aromatic heterocycles. The second kappa shape index (κ2) is 10.1. The molecule has 1 unspecified atom stereocenters. The number of benzene rings is 1. The van der Waals surface area contributed by atoms with Crippen molar-refractivity contribution in [2.24, 2.45) is 5.92 Å². The van der Waals surface area contributed by atoms with Crippen molar-refractivity contribution in [3.63, 3.8) is 0 Å². The number of likely N-dealkylation sites (N-methyl/N-ethyl adjacent to an activating group) is 1. The molecule has 0 saturated carbocycles. The number of pyridine rings is 1. The Hall–Kier alpha value is -3.00. The molecule has 1 aromatic carbocycles. The molecule has 0 radical (unpaired) electrons. The van der Waals surface area contributed by atoms with Gasteiger partial charge >= 0.3 is 0 Å². The number of nitriles is 1. The van der Waals surface area contributed by atoms with Gasteiger partial charge in [0.15, 0.2) is 0 Å². The maximum atomic E-state index is 12.8. The van der Waals surface area contributed by atoms with Gasteiger partial charge in [0.2, 0.25) is 21.8 Å². The van der Waals surface area contributed by atoms with Crippen LogP contribution in [-0.2, 0) is 19.6 Å². The van der Waals surface area contributed by atoms with Crippen LogP contribution in [0, 0.1) is 17.2 Å². The van der Waals surface area contributed by atoms with Gasteiger partial charge in [-0.15, -0.1) is 0 Å². The van der Waals surface area contributed by atoms with Crippen molar-refractivity contribution in [2.45, 2.75) is 17.7 Å². The van der Waals surface area contributed by atoms with E-state index in [-0.39, 0.29) is 29.8 Å². The number of hydrogen-bond donors (Lipinski definition) is 1. The van der Waals surface area contributed by atoms with Gasteiger partial charge in [-0.2, -0.15) is 9.57 Å². The van der Waals surface area contributed by atoms with E-state index in [1.807, 2.05) is 6.07 Å². The summed E-state index contributed by atoms with van der Waals surface area (Å²) in [6.07, 6.45) is 2.67. The van der Waals surface area contributed by atoms with Crippen LogP contribution >= 0.6 is 11.6 Å². The number of piperidine rings is 1. The fraction of sp³-hybridized carbons (Fsp3) is 0.333. The molecule has 2 aromatic rings. The summed E-state index contributed by atoms with van der Waals surface area (Å²) in [5, 5.41) is 12.0. The van der Waals surface area contributed by atoms with E-state index in [1.165, 1.54) is 42.4 Å². The van der Waals surface area contributed by atoms with E-state index in [9.17, 15) is 18.0 Å². The summed E-state index contributed by atoms with van der Waals surface area (Å²) < 4.78 is 26.5. The fourth-order valence-electron chi connectivity index (χ4n) is 3.35. The van der Waals surface area contributed by atoms with Gasteiger partial charge < -0.3 is 10.2 Å². The lowest BCUT2D eigenvalue weighted by atomic mass is 9.97. The number of rotatable bonds is 6. The van der Waals surface area contributed by atoms with Crippen molar-refractivity contribution < 1.29 is 18.0 Å². The molecule has 0 aliphatic carbocycles. The summed E-state index contributed by atoms with van der Waals surface area (Å²) in [7, 11) is -2.57. The first-order valence-corrected chi connectivity index (χ1v) is 11.7. The predicted molar refractivity (Wildman–Crippen MR) is 118 cm³/mol. The average molecular weight is 476 g/mol. The van der Waals surface area contributed by atoms with Crippen LogP contribution < -0.4 is 5.32 Å². The molecule has 2 amide bonds. The van der Waals surface area contributed by atoms with Crippen LogP contribution in [0.25, 0.3) is 0 Å². The molecule has 1 saturated heterocycles. The minimum Gasteiger partial charge on any atom is -0.341 e. The normalized spacial score (nSPS) is 16.4. The van der Waals surface area contributed by atoms with Crippen LogP contribution in [-0.4, -0.2) is 61.1 Å². The minimum absolute atomic E-state index is 0.00170. The molecule has 32 heavy (non-hydrogen) atoms. The highest BCUT2D eigenvalue weighted by molar-refractivity contribution is 7.89. The third-order valence-corrected chi connectivity index (χ3v) is 7.21. The highest BCUT2D eigenvalue weighted by atomic mass is 35.5. The van der Waals surface area contributed by atoms with Crippen LogP contribution in [0.2, 0.25) is 5.02 Å².